The molecule has 0 amide bonds. The molecular weight excluding hydrogens is 206 g/mol. The van der Waals surface area contributed by atoms with Crippen LogP contribution in [0.5, 0.6) is 0 Å². The van der Waals surface area contributed by atoms with Gasteiger partial charge in [0.25, 0.3) is 0 Å². The number of aromatic nitrogens is 2. The van der Waals surface area contributed by atoms with Crippen molar-refractivity contribution in [3.05, 3.63) is 18.5 Å². The molecule has 1 fully saturated rings. The van der Waals surface area contributed by atoms with Gasteiger partial charge in [0, 0.05) is 24.2 Å². The SMILES string of the molecule is c1cnc(SCC[C@H]2CCCCN2)nc1. The molecule has 2 rings (SSSR count). The summed E-state index contributed by atoms with van der Waals surface area (Å²) < 4.78 is 0. The fourth-order valence-electron chi connectivity index (χ4n) is 1.82. The van der Waals surface area contributed by atoms with Gasteiger partial charge in [-0.15, -0.1) is 0 Å². The summed E-state index contributed by atoms with van der Waals surface area (Å²) in [5.41, 5.74) is 0. The lowest BCUT2D eigenvalue weighted by molar-refractivity contribution is 0.394. The van der Waals surface area contributed by atoms with Crippen molar-refractivity contribution in [1.29, 1.82) is 0 Å². The molecule has 0 bridgehead atoms. The van der Waals surface area contributed by atoms with Gasteiger partial charge < -0.3 is 5.32 Å². The van der Waals surface area contributed by atoms with Gasteiger partial charge in [-0.1, -0.05) is 18.2 Å². The average molecular weight is 223 g/mol. The topological polar surface area (TPSA) is 37.8 Å². The van der Waals surface area contributed by atoms with E-state index in [2.05, 4.69) is 15.3 Å². The highest BCUT2D eigenvalue weighted by atomic mass is 32.2. The summed E-state index contributed by atoms with van der Waals surface area (Å²) in [6, 6.07) is 2.57. The molecule has 15 heavy (non-hydrogen) atoms. The van der Waals surface area contributed by atoms with E-state index in [1.165, 1.54) is 32.2 Å². The molecule has 2 heterocycles. The first kappa shape index (κ1) is 10.9. The Kier molecular flexibility index (Phi) is 4.41. The standard InChI is InChI=1S/C11H17N3S/c1-2-6-12-10(4-1)5-9-15-11-13-7-3-8-14-11/h3,7-8,10,12H,1-2,4-6,9H2/t10-/m1/s1. The van der Waals surface area contributed by atoms with Gasteiger partial charge in [0.15, 0.2) is 5.16 Å². The van der Waals surface area contributed by atoms with Crippen LogP contribution in [0.2, 0.25) is 0 Å². The number of hydrogen-bond acceptors (Lipinski definition) is 4. The molecule has 0 radical (unpaired) electrons. The highest BCUT2D eigenvalue weighted by Gasteiger charge is 2.11. The molecule has 0 unspecified atom stereocenters. The van der Waals surface area contributed by atoms with Crippen LogP contribution in [0.3, 0.4) is 0 Å². The smallest absolute Gasteiger partial charge is 0.187 e. The third-order valence-corrected chi connectivity index (χ3v) is 3.56. The van der Waals surface area contributed by atoms with Crippen LogP contribution in [-0.4, -0.2) is 28.3 Å². The summed E-state index contributed by atoms with van der Waals surface area (Å²) in [5.74, 6) is 1.11. The monoisotopic (exact) mass is 223 g/mol. The molecule has 0 spiro atoms. The third kappa shape index (κ3) is 3.80. The van der Waals surface area contributed by atoms with E-state index in [-0.39, 0.29) is 0 Å². The Labute approximate surface area is 95.1 Å². The summed E-state index contributed by atoms with van der Waals surface area (Å²) in [6.45, 7) is 1.19. The predicted octanol–water partition coefficient (Wildman–Crippen LogP) is 2.10. The molecule has 1 atom stereocenters. The number of piperidine rings is 1. The molecule has 0 saturated carbocycles. The van der Waals surface area contributed by atoms with Gasteiger partial charge in [-0.05, 0) is 31.9 Å². The van der Waals surface area contributed by atoms with Crippen molar-refractivity contribution >= 4 is 11.8 Å². The summed E-state index contributed by atoms with van der Waals surface area (Å²) in [6.07, 6.45) is 8.87. The fourth-order valence-corrected chi connectivity index (χ4v) is 2.68. The summed E-state index contributed by atoms with van der Waals surface area (Å²) >= 11 is 1.75. The van der Waals surface area contributed by atoms with Crippen molar-refractivity contribution in [3.63, 3.8) is 0 Å². The Bertz CT molecular complexity index is 272. The van der Waals surface area contributed by atoms with Crippen LogP contribution in [0.4, 0.5) is 0 Å². The maximum absolute atomic E-state index is 4.19. The van der Waals surface area contributed by atoms with Gasteiger partial charge in [-0.2, -0.15) is 0 Å². The minimum Gasteiger partial charge on any atom is -0.314 e. The van der Waals surface area contributed by atoms with Crippen molar-refractivity contribution in [3.8, 4) is 0 Å². The molecule has 1 aliphatic rings. The van der Waals surface area contributed by atoms with E-state index >= 15 is 0 Å². The van der Waals surface area contributed by atoms with Gasteiger partial charge in [-0.25, -0.2) is 9.97 Å². The van der Waals surface area contributed by atoms with E-state index in [0.717, 1.165) is 17.0 Å². The van der Waals surface area contributed by atoms with Crippen molar-refractivity contribution in [1.82, 2.24) is 15.3 Å². The molecule has 1 aromatic rings. The van der Waals surface area contributed by atoms with Crippen LogP contribution in [0, 0.1) is 0 Å². The van der Waals surface area contributed by atoms with Gasteiger partial charge in [0.05, 0.1) is 0 Å². The van der Waals surface area contributed by atoms with Gasteiger partial charge in [-0.3, -0.25) is 0 Å². The lowest BCUT2D eigenvalue weighted by Crippen LogP contribution is -2.34. The zero-order valence-corrected chi connectivity index (χ0v) is 9.67. The number of hydrogen-bond donors (Lipinski definition) is 1. The summed E-state index contributed by atoms with van der Waals surface area (Å²) in [7, 11) is 0. The number of rotatable bonds is 4. The minimum atomic E-state index is 0.718. The van der Waals surface area contributed by atoms with E-state index < -0.39 is 0 Å². The van der Waals surface area contributed by atoms with Crippen LogP contribution >= 0.6 is 11.8 Å². The Hall–Kier alpha value is -0.610. The van der Waals surface area contributed by atoms with Crippen LogP contribution < -0.4 is 5.32 Å². The Morgan fingerprint density at radius 1 is 1.33 bits per heavy atom. The van der Waals surface area contributed by atoms with Crippen molar-refractivity contribution in [2.45, 2.75) is 36.9 Å². The lowest BCUT2D eigenvalue weighted by atomic mass is 10.0. The largest absolute Gasteiger partial charge is 0.314 e. The first-order valence-corrected chi connectivity index (χ1v) is 6.57. The molecule has 0 aliphatic carbocycles. The van der Waals surface area contributed by atoms with Crippen molar-refractivity contribution in [2.75, 3.05) is 12.3 Å². The number of thioether (sulfide) groups is 1. The Morgan fingerprint density at radius 2 is 2.20 bits per heavy atom. The van der Waals surface area contributed by atoms with E-state index in [4.69, 9.17) is 0 Å². The van der Waals surface area contributed by atoms with Crippen molar-refractivity contribution < 1.29 is 0 Å². The van der Waals surface area contributed by atoms with Crippen molar-refractivity contribution in [2.24, 2.45) is 0 Å². The highest BCUT2D eigenvalue weighted by molar-refractivity contribution is 7.99. The quantitative estimate of drug-likeness (QED) is 0.626. The average Bonchev–Trinajstić information content (AvgIpc) is 2.32. The second-order valence-electron chi connectivity index (χ2n) is 3.82. The van der Waals surface area contributed by atoms with Crippen LogP contribution in [-0.2, 0) is 0 Å². The molecule has 82 valence electrons. The highest BCUT2D eigenvalue weighted by Crippen LogP contribution is 2.16. The van der Waals surface area contributed by atoms with Gasteiger partial charge in [0.1, 0.15) is 0 Å². The second kappa shape index (κ2) is 6.08. The van der Waals surface area contributed by atoms with E-state index in [0.29, 0.717) is 0 Å². The molecule has 1 saturated heterocycles. The molecule has 3 nitrogen and oxygen atoms in total. The summed E-state index contributed by atoms with van der Waals surface area (Å²) in [4.78, 5) is 8.39. The van der Waals surface area contributed by atoms with Gasteiger partial charge in [0.2, 0.25) is 0 Å². The van der Waals surface area contributed by atoms with Gasteiger partial charge >= 0.3 is 0 Å². The summed E-state index contributed by atoms with van der Waals surface area (Å²) in [5, 5.41) is 4.45. The molecule has 0 aromatic carbocycles. The number of nitrogens with zero attached hydrogens (tertiary/aromatic N) is 2. The maximum atomic E-state index is 4.19. The first-order chi connectivity index (χ1) is 7.45. The maximum Gasteiger partial charge on any atom is 0.187 e. The first-order valence-electron chi connectivity index (χ1n) is 5.58. The minimum absolute atomic E-state index is 0.718. The third-order valence-electron chi connectivity index (χ3n) is 2.65. The molecule has 1 N–H and O–H groups in total. The molecule has 4 heteroatoms. The second-order valence-corrected chi connectivity index (χ2v) is 4.88. The van der Waals surface area contributed by atoms with E-state index in [1.54, 1.807) is 24.2 Å². The van der Waals surface area contributed by atoms with Crippen LogP contribution in [0.15, 0.2) is 23.6 Å². The molecule has 1 aromatic heterocycles. The zero-order valence-electron chi connectivity index (χ0n) is 8.85. The number of nitrogens with one attached hydrogen (secondary N) is 1. The Morgan fingerprint density at radius 3 is 2.93 bits per heavy atom. The van der Waals surface area contributed by atoms with E-state index in [9.17, 15) is 0 Å². The normalized spacial score (nSPS) is 21.5. The van der Waals surface area contributed by atoms with E-state index in [1.807, 2.05) is 6.07 Å². The predicted molar refractivity (Wildman–Crippen MR) is 63.0 cm³/mol. The fraction of sp³-hybridized carbons (Fsp3) is 0.636. The zero-order chi connectivity index (χ0) is 10.3. The molecular formula is C11H17N3S. The van der Waals surface area contributed by atoms with Crippen LogP contribution in [0.25, 0.3) is 0 Å². The lowest BCUT2D eigenvalue weighted by Gasteiger charge is -2.22. The van der Waals surface area contributed by atoms with Crippen LogP contribution in [0.1, 0.15) is 25.7 Å². The molecule has 1 aliphatic heterocycles. The Balaban J connectivity index is 1.66.